The molecule has 3 aromatic rings. The van der Waals surface area contributed by atoms with Gasteiger partial charge in [0.1, 0.15) is 0 Å². The second kappa shape index (κ2) is 9.56. The van der Waals surface area contributed by atoms with E-state index in [0.29, 0.717) is 25.8 Å². The molecule has 148 valence electrons. The number of hydrogen-bond donors (Lipinski definition) is 2. The van der Waals surface area contributed by atoms with Gasteiger partial charge < -0.3 is 10.6 Å². The molecule has 6 heteroatoms. The van der Waals surface area contributed by atoms with Crippen molar-refractivity contribution >= 4 is 23.0 Å². The minimum absolute atomic E-state index is 0.0302. The van der Waals surface area contributed by atoms with E-state index in [4.69, 9.17) is 5.26 Å². The Kier molecular flexibility index (Phi) is 6.64. The number of aryl methyl sites for hydroxylation is 2. The summed E-state index contributed by atoms with van der Waals surface area (Å²) in [5, 5.41) is 19.5. The van der Waals surface area contributed by atoms with Gasteiger partial charge in [-0.2, -0.15) is 10.4 Å². The molecule has 0 radical (unpaired) electrons. The number of anilines is 3. The van der Waals surface area contributed by atoms with E-state index in [-0.39, 0.29) is 5.91 Å². The zero-order valence-corrected chi connectivity index (χ0v) is 16.8. The molecule has 0 atom stereocenters. The SMILES string of the molecule is Cc1nn(CCC#N)c(C)c1CCC(=O)Nc1ccc(Nc2ccccc2)cc1. The minimum Gasteiger partial charge on any atom is -0.356 e. The number of para-hydroxylation sites is 1. The van der Waals surface area contributed by atoms with Crippen LogP contribution in [-0.2, 0) is 17.8 Å². The Morgan fingerprint density at radius 1 is 1.03 bits per heavy atom. The largest absolute Gasteiger partial charge is 0.356 e. The third-order valence-electron chi connectivity index (χ3n) is 4.80. The van der Waals surface area contributed by atoms with E-state index in [1.54, 1.807) is 0 Å². The Labute approximate surface area is 171 Å². The molecule has 29 heavy (non-hydrogen) atoms. The lowest BCUT2D eigenvalue weighted by Gasteiger charge is -2.09. The number of amides is 1. The van der Waals surface area contributed by atoms with Crippen LogP contribution in [0.15, 0.2) is 54.6 Å². The van der Waals surface area contributed by atoms with Gasteiger partial charge >= 0.3 is 0 Å². The molecule has 2 N–H and O–H groups in total. The van der Waals surface area contributed by atoms with Crippen LogP contribution < -0.4 is 10.6 Å². The number of carbonyl (C=O) groups excluding carboxylic acids is 1. The van der Waals surface area contributed by atoms with Gasteiger partial charge in [0, 0.05) is 29.2 Å². The molecule has 0 spiro atoms. The van der Waals surface area contributed by atoms with E-state index < -0.39 is 0 Å². The van der Waals surface area contributed by atoms with Crippen LogP contribution in [-0.4, -0.2) is 15.7 Å². The highest BCUT2D eigenvalue weighted by molar-refractivity contribution is 5.91. The number of carbonyl (C=O) groups is 1. The highest BCUT2D eigenvalue weighted by Gasteiger charge is 2.13. The maximum Gasteiger partial charge on any atom is 0.224 e. The van der Waals surface area contributed by atoms with Gasteiger partial charge in [0.2, 0.25) is 5.91 Å². The van der Waals surface area contributed by atoms with Gasteiger partial charge in [-0.05, 0) is 62.2 Å². The van der Waals surface area contributed by atoms with Gasteiger partial charge in [-0.3, -0.25) is 9.48 Å². The van der Waals surface area contributed by atoms with Crippen LogP contribution in [0.4, 0.5) is 17.1 Å². The van der Waals surface area contributed by atoms with Gasteiger partial charge in [0.05, 0.1) is 24.7 Å². The maximum atomic E-state index is 12.4. The highest BCUT2D eigenvalue weighted by atomic mass is 16.1. The van der Waals surface area contributed by atoms with Crippen LogP contribution >= 0.6 is 0 Å². The van der Waals surface area contributed by atoms with Crippen molar-refractivity contribution < 1.29 is 4.79 Å². The smallest absolute Gasteiger partial charge is 0.224 e. The molecule has 0 bridgehead atoms. The average Bonchev–Trinajstić information content (AvgIpc) is 3.00. The molecule has 3 rings (SSSR count). The second-order valence-corrected chi connectivity index (χ2v) is 6.90. The predicted octanol–water partition coefficient (Wildman–Crippen LogP) is 4.73. The molecule has 1 aromatic heterocycles. The first-order valence-corrected chi connectivity index (χ1v) is 9.68. The lowest BCUT2D eigenvalue weighted by molar-refractivity contribution is -0.116. The molecule has 1 heterocycles. The van der Waals surface area contributed by atoms with Crippen molar-refractivity contribution in [1.29, 1.82) is 5.26 Å². The summed E-state index contributed by atoms with van der Waals surface area (Å²) >= 11 is 0. The highest BCUT2D eigenvalue weighted by Crippen LogP contribution is 2.20. The number of rotatable bonds is 8. The van der Waals surface area contributed by atoms with Crippen molar-refractivity contribution in [2.24, 2.45) is 0 Å². The van der Waals surface area contributed by atoms with Crippen molar-refractivity contribution in [1.82, 2.24) is 9.78 Å². The fraction of sp³-hybridized carbons (Fsp3) is 0.261. The van der Waals surface area contributed by atoms with Gasteiger partial charge in [-0.1, -0.05) is 18.2 Å². The summed E-state index contributed by atoms with van der Waals surface area (Å²) in [6.45, 7) is 4.52. The van der Waals surface area contributed by atoms with Gasteiger partial charge in [-0.15, -0.1) is 0 Å². The van der Waals surface area contributed by atoms with Gasteiger partial charge in [-0.25, -0.2) is 0 Å². The van der Waals surface area contributed by atoms with Crippen LogP contribution in [0.1, 0.15) is 29.8 Å². The summed E-state index contributed by atoms with van der Waals surface area (Å²) in [6.07, 6.45) is 1.44. The molecule has 2 aromatic carbocycles. The van der Waals surface area contributed by atoms with Crippen molar-refractivity contribution in [2.45, 2.75) is 39.7 Å². The molecular formula is C23H25N5O. The number of nitrogens with zero attached hydrogens (tertiary/aromatic N) is 3. The summed E-state index contributed by atoms with van der Waals surface area (Å²) in [6, 6.07) is 19.7. The Balaban J connectivity index is 1.53. The lowest BCUT2D eigenvalue weighted by atomic mass is 10.1. The van der Waals surface area contributed by atoms with E-state index in [1.165, 1.54) is 0 Å². The number of benzene rings is 2. The Hall–Kier alpha value is -3.59. The van der Waals surface area contributed by atoms with Crippen molar-refractivity contribution in [3.63, 3.8) is 0 Å². The zero-order chi connectivity index (χ0) is 20.6. The van der Waals surface area contributed by atoms with Gasteiger partial charge in [0.25, 0.3) is 0 Å². The maximum absolute atomic E-state index is 12.4. The quantitative estimate of drug-likeness (QED) is 0.585. The van der Waals surface area contributed by atoms with Crippen LogP contribution in [0.5, 0.6) is 0 Å². The van der Waals surface area contributed by atoms with E-state index in [0.717, 1.165) is 34.0 Å². The van der Waals surface area contributed by atoms with E-state index >= 15 is 0 Å². The summed E-state index contributed by atoms with van der Waals surface area (Å²) in [5.41, 5.74) is 5.79. The van der Waals surface area contributed by atoms with Crippen molar-refractivity contribution in [3.8, 4) is 6.07 Å². The fourth-order valence-electron chi connectivity index (χ4n) is 3.26. The summed E-state index contributed by atoms with van der Waals surface area (Å²) < 4.78 is 1.85. The van der Waals surface area contributed by atoms with Crippen LogP contribution in [0.2, 0.25) is 0 Å². The Morgan fingerprint density at radius 2 is 1.69 bits per heavy atom. The minimum atomic E-state index is -0.0302. The molecule has 6 nitrogen and oxygen atoms in total. The van der Waals surface area contributed by atoms with Crippen molar-refractivity contribution in [3.05, 3.63) is 71.5 Å². The standard InChI is InChI=1S/C23H25N5O/c1-17-22(18(2)28(27-17)16-6-15-24)13-14-23(29)26-21-11-9-20(10-12-21)25-19-7-4-3-5-8-19/h3-5,7-12,25H,6,13-14,16H2,1-2H3,(H,26,29). The third kappa shape index (κ3) is 5.45. The first-order chi connectivity index (χ1) is 14.1. The van der Waals surface area contributed by atoms with E-state index in [9.17, 15) is 4.79 Å². The monoisotopic (exact) mass is 387 g/mol. The topological polar surface area (TPSA) is 82.7 Å². The summed E-state index contributed by atoms with van der Waals surface area (Å²) in [4.78, 5) is 12.4. The number of hydrogen-bond acceptors (Lipinski definition) is 4. The molecule has 0 unspecified atom stereocenters. The van der Waals surface area contributed by atoms with Crippen molar-refractivity contribution in [2.75, 3.05) is 10.6 Å². The molecule has 0 saturated carbocycles. The summed E-state index contributed by atoms with van der Waals surface area (Å²) in [5.74, 6) is -0.0302. The van der Waals surface area contributed by atoms with E-state index in [2.05, 4.69) is 21.8 Å². The first-order valence-electron chi connectivity index (χ1n) is 9.68. The third-order valence-corrected chi connectivity index (χ3v) is 4.80. The second-order valence-electron chi connectivity index (χ2n) is 6.90. The number of aromatic nitrogens is 2. The Morgan fingerprint density at radius 3 is 2.38 bits per heavy atom. The predicted molar refractivity (Wildman–Crippen MR) is 115 cm³/mol. The molecule has 0 aliphatic rings. The first kappa shape index (κ1) is 20.2. The van der Waals surface area contributed by atoms with Crippen LogP contribution in [0.25, 0.3) is 0 Å². The van der Waals surface area contributed by atoms with Crippen LogP contribution in [0.3, 0.4) is 0 Å². The molecule has 0 aliphatic heterocycles. The molecule has 0 aliphatic carbocycles. The molecule has 0 fully saturated rings. The molecule has 1 amide bonds. The average molecular weight is 387 g/mol. The fourth-order valence-corrected chi connectivity index (χ4v) is 3.26. The normalized spacial score (nSPS) is 10.4. The number of nitrogens with one attached hydrogen (secondary N) is 2. The Bertz CT molecular complexity index is 1000. The lowest BCUT2D eigenvalue weighted by Crippen LogP contribution is -2.12. The number of nitriles is 1. The molecule has 0 saturated heterocycles. The summed E-state index contributed by atoms with van der Waals surface area (Å²) in [7, 11) is 0. The van der Waals surface area contributed by atoms with E-state index in [1.807, 2.05) is 73.1 Å². The van der Waals surface area contributed by atoms with Gasteiger partial charge in [0.15, 0.2) is 0 Å². The molecular weight excluding hydrogens is 362 g/mol. The zero-order valence-electron chi connectivity index (χ0n) is 16.8. The van der Waals surface area contributed by atoms with Crippen LogP contribution in [0, 0.1) is 25.2 Å².